The predicted molar refractivity (Wildman–Crippen MR) is 115 cm³/mol. The smallest absolute Gasteiger partial charge is 0.234 e. The first kappa shape index (κ1) is 20.0. The van der Waals surface area contributed by atoms with Crippen LogP contribution in [0.4, 0.5) is 11.4 Å². The van der Waals surface area contributed by atoms with Gasteiger partial charge in [0.25, 0.3) is 0 Å². The van der Waals surface area contributed by atoms with Gasteiger partial charge in [0.2, 0.25) is 11.8 Å². The normalized spacial score (nSPS) is 14.6. The van der Waals surface area contributed by atoms with Crippen molar-refractivity contribution in [1.82, 2.24) is 0 Å². The van der Waals surface area contributed by atoms with Crippen LogP contribution in [-0.2, 0) is 9.59 Å². The lowest BCUT2D eigenvalue weighted by Gasteiger charge is -2.20. The minimum absolute atomic E-state index is 0.0662. The van der Waals surface area contributed by atoms with Crippen LogP contribution in [0.3, 0.4) is 0 Å². The second kappa shape index (κ2) is 9.95. The van der Waals surface area contributed by atoms with Gasteiger partial charge in [0.1, 0.15) is 0 Å². The average Bonchev–Trinajstić information content (AvgIpc) is 2.69. The summed E-state index contributed by atoms with van der Waals surface area (Å²) in [7, 11) is 0. The molecule has 0 atom stereocenters. The Morgan fingerprint density at radius 1 is 1.00 bits per heavy atom. The Morgan fingerprint density at radius 3 is 2.56 bits per heavy atom. The highest BCUT2D eigenvalue weighted by Crippen LogP contribution is 2.27. The highest BCUT2D eigenvalue weighted by molar-refractivity contribution is 9.10. The fraction of sp³-hybridized carbons (Fsp3) is 0.333. The molecule has 142 valence electrons. The van der Waals surface area contributed by atoms with Crippen LogP contribution in [0.25, 0.3) is 0 Å². The second-order valence-corrected chi connectivity index (χ2v) is 8.57. The molecule has 0 unspecified atom stereocenters. The van der Waals surface area contributed by atoms with E-state index >= 15 is 0 Å². The molecule has 0 saturated heterocycles. The Balaban J connectivity index is 1.52. The average molecular weight is 447 g/mol. The molecule has 2 amide bonds. The number of nitrogens with one attached hydrogen (secondary N) is 2. The monoisotopic (exact) mass is 446 g/mol. The Kier molecular flexibility index (Phi) is 7.35. The van der Waals surface area contributed by atoms with Gasteiger partial charge in [-0.05, 0) is 59.1 Å². The first-order chi connectivity index (χ1) is 13.1. The van der Waals surface area contributed by atoms with Crippen molar-refractivity contribution in [2.24, 2.45) is 5.92 Å². The van der Waals surface area contributed by atoms with Gasteiger partial charge in [0.05, 0.1) is 11.4 Å². The minimum atomic E-state index is -0.0662. The van der Waals surface area contributed by atoms with Crippen LogP contribution in [0, 0.1) is 5.92 Å². The van der Waals surface area contributed by atoms with Crippen molar-refractivity contribution in [3.8, 4) is 0 Å². The molecular formula is C21H23BrN2O2S. The molecular weight excluding hydrogens is 424 g/mol. The van der Waals surface area contributed by atoms with Gasteiger partial charge in [-0.2, -0.15) is 0 Å². The van der Waals surface area contributed by atoms with Gasteiger partial charge in [-0.25, -0.2) is 0 Å². The summed E-state index contributed by atoms with van der Waals surface area (Å²) >= 11 is 4.88. The Morgan fingerprint density at radius 2 is 1.78 bits per heavy atom. The molecule has 4 nitrogen and oxygen atoms in total. The molecule has 1 aliphatic rings. The molecule has 0 aromatic heterocycles. The standard InChI is InChI=1S/C21H23BrN2O2S/c22-18-11-4-5-12-19(18)24-20(25)14-27-17-10-6-9-16(13-17)23-21(26)15-7-2-1-3-8-15/h4-6,9-13,15H,1-3,7-8,14H2,(H,23,26)(H,24,25). The van der Waals surface area contributed by atoms with Crippen molar-refractivity contribution in [3.05, 3.63) is 53.0 Å². The van der Waals surface area contributed by atoms with Crippen LogP contribution in [-0.4, -0.2) is 17.6 Å². The summed E-state index contributed by atoms with van der Waals surface area (Å²) in [5, 5.41) is 5.92. The highest BCUT2D eigenvalue weighted by atomic mass is 79.9. The van der Waals surface area contributed by atoms with Crippen molar-refractivity contribution in [1.29, 1.82) is 0 Å². The zero-order valence-electron chi connectivity index (χ0n) is 15.0. The fourth-order valence-corrected chi connectivity index (χ4v) is 4.31. The lowest BCUT2D eigenvalue weighted by atomic mass is 9.88. The van der Waals surface area contributed by atoms with Crippen molar-refractivity contribution >= 4 is 50.9 Å². The largest absolute Gasteiger partial charge is 0.326 e. The molecule has 27 heavy (non-hydrogen) atoms. The van der Waals surface area contributed by atoms with Gasteiger partial charge in [-0.1, -0.05) is 37.5 Å². The van der Waals surface area contributed by atoms with Crippen LogP contribution < -0.4 is 10.6 Å². The molecule has 0 radical (unpaired) electrons. The molecule has 0 heterocycles. The number of carbonyl (C=O) groups excluding carboxylic acids is 2. The predicted octanol–water partition coefficient (Wildman–Crippen LogP) is 5.70. The molecule has 3 rings (SSSR count). The van der Waals surface area contributed by atoms with E-state index in [1.807, 2.05) is 48.5 Å². The molecule has 0 spiro atoms. The molecule has 1 aliphatic carbocycles. The molecule has 6 heteroatoms. The maximum atomic E-state index is 12.4. The van der Waals surface area contributed by atoms with E-state index < -0.39 is 0 Å². The maximum Gasteiger partial charge on any atom is 0.234 e. The number of benzene rings is 2. The van der Waals surface area contributed by atoms with Crippen molar-refractivity contribution in [2.45, 2.75) is 37.0 Å². The summed E-state index contributed by atoms with van der Waals surface area (Å²) in [6.07, 6.45) is 5.48. The van der Waals surface area contributed by atoms with Gasteiger partial charge in [-0.15, -0.1) is 11.8 Å². The van der Waals surface area contributed by atoms with Crippen LogP contribution in [0.5, 0.6) is 0 Å². The molecule has 2 aromatic rings. The summed E-state index contributed by atoms with van der Waals surface area (Å²) < 4.78 is 0.857. The van der Waals surface area contributed by atoms with E-state index in [4.69, 9.17) is 0 Å². The summed E-state index contributed by atoms with van der Waals surface area (Å²) in [6.45, 7) is 0. The quantitative estimate of drug-likeness (QED) is 0.559. The van der Waals surface area contributed by atoms with E-state index in [0.29, 0.717) is 5.75 Å². The summed E-state index contributed by atoms with van der Waals surface area (Å²) in [4.78, 5) is 25.5. The van der Waals surface area contributed by atoms with E-state index in [-0.39, 0.29) is 17.7 Å². The molecule has 1 fully saturated rings. The van der Waals surface area contributed by atoms with E-state index in [1.54, 1.807) is 0 Å². The van der Waals surface area contributed by atoms with Crippen LogP contribution in [0.1, 0.15) is 32.1 Å². The fourth-order valence-electron chi connectivity index (χ4n) is 3.17. The van der Waals surface area contributed by atoms with Gasteiger partial charge < -0.3 is 10.6 Å². The number of anilines is 2. The first-order valence-electron chi connectivity index (χ1n) is 9.20. The van der Waals surface area contributed by atoms with Gasteiger partial charge in [0.15, 0.2) is 0 Å². The number of hydrogen-bond donors (Lipinski definition) is 2. The number of halogens is 1. The van der Waals surface area contributed by atoms with Crippen molar-refractivity contribution in [3.63, 3.8) is 0 Å². The third-order valence-corrected chi connectivity index (χ3v) is 6.28. The second-order valence-electron chi connectivity index (χ2n) is 6.67. The zero-order valence-corrected chi connectivity index (χ0v) is 17.4. The van der Waals surface area contributed by atoms with Gasteiger partial charge >= 0.3 is 0 Å². The number of hydrogen-bond acceptors (Lipinski definition) is 3. The number of amides is 2. The Labute approximate surface area is 172 Å². The van der Waals surface area contributed by atoms with Gasteiger partial charge in [-0.3, -0.25) is 9.59 Å². The van der Waals surface area contributed by atoms with Crippen LogP contribution in [0.15, 0.2) is 57.9 Å². The Bertz CT molecular complexity index is 806. The van der Waals surface area contributed by atoms with E-state index in [9.17, 15) is 9.59 Å². The lowest BCUT2D eigenvalue weighted by Crippen LogP contribution is -2.24. The summed E-state index contributed by atoms with van der Waals surface area (Å²) in [5.74, 6) is 0.485. The van der Waals surface area contributed by atoms with Crippen molar-refractivity contribution in [2.75, 3.05) is 16.4 Å². The van der Waals surface area contributed by atoms with E-state index in [0.717, 1.165) is 46.4 Å². The topological polar surface area (TPSA) is 58.2 Å². The van der Waals surface area contributed by atoms with Crippen molar-refractivity contribution < 1.29 is 9.59 Å². The van der Waals surface area contributed by atoms with Crippen LogP contribution >= 0.6 is 27.7 Å². The third-order valence-electron chi connectivity index (χ3n) is 4.60. The highest BCUT2D eigenvalue weighted by Gasteiger charge is 2.21. The molecule has 0 bridgehead atoms. The van der Waals surface area contributed by atoms with Gasteiger partial charge in [0, 0.05) is 21.0 Å². The molecule has 0 aliphatic heterocycles. The third kappa shape index (κ3) is 6.11. The minimum Gasteiger partial charge on any atom is -0.326 e. The summed E-state index contributed by atoms with van der Waals surface area (Å²) in [6, 6.07) is 15.2. The number of rotatable bonds is 6. The number of para-hydroxylation sites is 1. The lowest BCUT2D eigenvalue weighted by molar-refractivity contribution is -0.120. The first-order valence-corrected chi connectivity index (χ1v) is 11.0. The number of carbonyl (C=O) groups is 2. The number of thioether (sulfide) groups is 1. The van der Waals surface area contributed by atoms with E-state index in [1.165, 1.54) is 18.2 Å². The maximum absolute atomic E-state index is 12.4. The van der Waals surface area contributed by atoms with E-state index in [2.05, 4.69) is 26.6 Å². The van der Waals surface area contributed by atoms with Crippen LogP contribution in [0.2, 0.25) is 0 Å². The zero-order chi connectivity index (χ0) is 19.1. The molecule has 2 aromatic carbocycles. The SMILES string of the molecule is O=C(CSc1cccc(NC(=O)C2CCCCC2)c1)Nc1ccccc1Br. The summed E-state index contributed by atoms with van der Waals surface area (Å²) in [5.41, 5.74) is 1.55. The molecule has 2 N–H and O–H groups in total. The Hall–Kier alpha value is -1.79. The molecule has 1 saturated carbocycles.